The van der Waals surface area contributed by atoms with Crippen LogP contribution in [0.5, 0.6) is 5.75 Å². The summed E-state index contributed by atoms with van der Waals surface area (Å²) in [4.78, 5) is 4.99. The predicted molar refractivity (Wildman–Crippen MR) is 92.9 cm³/mol. The molecular formula is C19H27N3O2. The molecule has 2 atom stereocenters. The van der Waals surface area contributed by atoms with Crippen LogP contribution in [0.1, 0.15) is 31.2 Å². The Morgan fingerprint density at radius 3 is 2.50 bits per heavy atom. The average molecular weight is 329 g/mol. The van der Waals surface area contributed by atoms with Crippen molar-refractivity contribution < 1.29 is 9.84 Å². The van der Waals surface area contributed by atoms with E-state index in [-0.39, 0.29) is 6.61 Å². The maximum absolute atomic E-state index is 9.49. The van der Waals surface area contributed by atoms with Gasteiger partial charge in [0.2, 0.25) is 0 Å². The zero-order valence-electron chi connectivity index (χ0n) is 14.2. The number of hydrogen-bond acceptors (Lipinski definition) is 5. The summed E-state index contributed by atoms with van der Waals surface area (Å²) >= 11 is 0. The second kappa shape index (κ2) is 8.48. The van der Waals surface area contributed by atoms with Crippen LogP contribution < -0.4 is 4.74 Å². The number of ether oxygens (including phenoxy) is 1. The van der Waals surface area contributed by atoms with Crippen LogP contribution in [0.25, 0.3) is 0 Å². The van der Waals surface area contributed by atoms with Crippen molar-refractivity contribution in [2.45, 2.75) is 37.8 Å². The van der Waals surface area contributed by atoms with Crippen molar-refractivity contribution in [1.82, 2.24) is 9.80 Å². The van der Waals surface area contributed by atoms with Gasteiger partial charge in [-0.15, -0.1) is 0 Å². The average Bonchev–Trinajstić information content (AvgIpc) is 3.25. The number of aliphatic hydroxyl groups excluding tert-OH is 1. The molecule has 0 aromatic heterocycles. The van der Waals surface area contributed by atoms with Crippen LogP contribution in [0.15, 0.2) is 24.3 Å². The van der Waals surface area contributed by atoms with Gasteiger partial charge in [-0.25, -0.2) is 0 Å². The molecule has 1 aromatic carbocycles. The molecule has 130 valence electrons. The summed E-state index contributed by atoms with van der Waals surface area (Å²) in [6.07, 6.45) is 4.83. The third-order valence-electron chi connectivity index (χ3n) is 5.28. The lowest BCUT2D eigenvalue weighted by molar-refractivity contribution is 0.115. The van der Waals surface area contributed by atoms with E-state index in [1.54, 1.807) is 12.1 Å². The lowest BCUT2D eigenvalue weighted by atomic mass is 10.2. The Morgan fingerprint density at radius 1 is 1.08 bits per heavy atom. The monoisotopic (exact) mass is 329 g/mol. The molecule has 0 saturated carbocycles. The molecule has 0 aliphatic carbocycles. The van der Waals surface area contributed by atoms with Crippen molar-refractivity contribution in [3.05, 3.63) is 29.8 Å². The molecule has 0 spiro atoms. The molecular weight excluding hydrogens is 302 g/mol. The van der Waals surface area contributed by atoms with Crippen LogP contribution in [-0.2, 0) is 0 Å². The van der Waals surface area contributed by atoms with Crippen LogP contribution in [0.3, 0.4) is 0 Å². The van der Waals surface area contributed by atoms with Crippen molar-refractivity contribution >= 4 is 0 Å². The van der Waals surface area contributed by atoms with Crippen molar-refractivity contribution in [3.63, 3.8) is 0 Å². The first-order valence-corrected chi connectivity index (χ1v) is 9.02. The normalized spacial score (nSPS) is 25.0. The minimum Gasteiger partial charge on any atom is -0.492 e. The number of benzene rings is 1. The lowest BCUT2D eigenvalue weighted by Crippen LogP contribution is -2.44. The standard InChI is InChI=1S/C19H27N3O2/c20-13-16-5-7-19(8-6-16)24-12-11-21-9-1-3-17(21)14-22-10-2-4-18(22)15-23/h5-8,17-18,23H,1-4,9-12,14-15H2. The summed E-state index contributed by atoms with van der Waals surface area (Å²) in [7, 11) is 0. The van der Waals surface area contributed by atoms with E-state index in [2.05, 4.69) is 15.9 Å². The Morgan fingerprint density at radius 2 is 1.79 bits per heavy atom. The van der Waals surface area contributed by atoms with Crippen LogP contribution in [0, 0.1) is 11.3 Å². The molecule has 24 heavy (non-hydrogen) atoms. The SMILES string of the molecule is N#Cc1ccc(OCCN2CCCC2CN2CCCC2CO)cc1. The largest absolute Gasteiger partial charge is 0.492 e. The van der Waals surface area contributed by atoms with E-state index in [0.717, 1.165) is 38.3 Å². The fraction of sp³-hybridized carbons (Fsp3) is 0.632. The Hall–Kier alpha value is -1.61. The second-order valence-electron chi connectivity index (χ2n) is 6.79. The molecule has 1 N–H and O–H groups in total. The molecule has 2 heterocycles. The van der Waals surface area contributed by atoms with Gasteiger partial charge in [0.05, 0.1) is 18.2 Å². The van der Waals surface area contributed by atoms with Gasteiger partial charge in [0.15, 0.2) is 0 Å². The predicted octanol–water partition coefficient (Wildman–Crippen LogP) is 1.86. The molecule has 0 amide bonds. The van der Waals surface area contributed by atoms with E-state index in [1.807, 2.05) is 12.1 Å². The van der Waals surface area contributed by atoms with Crippen LogP contribution >= 0.6 is 0 Å². The zero-order valence-corrected chi connectivity index (χ0v) is 14.2. The van der Waals surface area contributed by atoms with E-state index in [1.165, 1.54) is 19.3 Å². The highest BCUT2D eigenvalue weighted by Gasteiger charge is 2.30. The third-order valence-corrected chi connectivity index (χ3v) is 5.28. The number of hydrogen-bond donors (Lipinski definition) is 1. The van der Waals surface area contributed by atoms with Gasteiger partial charge in [0, 0.05) is 25.2 Å². The Bertz CT molecular complexity index is 555. The number of likely N-dealkylation sites (tertiary alicyclic amines) is 2. The summed E-state index contributed by atoms with van der Waals surface area (Å²) < 4.78 is 5.82. The van der Waals surface area contributed by atoms with Gasteiger partial charge in [-0.3, -0.25) is 9.80 Å². The molecule has 2 aliphatic heterocycles. The van der Waals surface area contributed by atoms with E-state index in [4.69, 9.17) is 10.00 Å². The highest BCUT2D eigenvalue weighted by molar-refractivity contribution is 5.34. The minimum atomic E-state index is 0.286. The molecule has 1 aromatic rings. The summed E-state index contributed by atoms with van der Waals surface area (Å²) in [5.41, 5.74) is 0.658. The smallest absolute Gasteiger partial charge is 0.119 e. The first kappa shape index (κ1) is 17.2. The third kappa shape index (κ3) is 4.27. The van der Waals surface area contributed by atoms with Crippen LogP contribution in [0.4, 0.5) is 0 Å². The number of rotatable bonds is 7. The maximum Gasteiger partial charge on any atom is 0.119 e. The van der Waals surface area contributed by atoms with Crippen LogP contribution in [-0.4, -0.2) is 66.4 Å². The first-order valence-electron chi connectivity index (χ1n) is 9.02. The molecule has 5 nitrogen and oxygen atoms in total. The van der Waals surface area contributed by atoms with Gasteiger partial charge in [-0.2, -0.15) is 5.26 Å². The topological polar surface area (TPSA) is 59.7 Å². The van der Waals surface area contributed by atoms with E-state index in [0.29, 0.717) is 24.3 Å². The highest BCUT2D eigenvalue weighted by Crippen LogP contribution is 2.23. The van der Waals surface area contributed by atoms with Crippen molar-refractivity contribution in [2.75, 3.05) is 39.4 Å². The number of aliphatic hydroxyl groups is 1. The summed E-state index contributed by atoms with van der Waals surface area (Å²) in [5, 5.41) is 18.3. The van der Waals surface area contributed by atoms with Crippen molar-refractivity contribution in [3.8, 4) is 11.8 Å². The highest BCUT2D eigenvalue weighted by atomic mass is 16.5. The Balaban J connectivity index is 1.44. The molecule has 2 fully saturated rings. The van der Waals surface area contributed by atoms with E-state index >= 15 is 0 Å². The van der Waals surface area contributed by atoms with Crippen molar-refractivity contribution in [1.29, 1.82) is 5.26 Å². The molecule has 0 radical (unpaired) electrons. The van der Waals surface area contributed by atoms with Gasteiger partial charge in [0.25, 0.3) is 0 Å². The summed E-state index contributed by atoms with van der Waals surface area (Å²) in [5.74, 6) is 0.824. The fourth-order valence-electron chi connectivity index (χ4n) is 3.92. The van der Waals surface area contributed by atoms with Gasteiger partial charge in [-0.1, -0.05) is 0 Å². The lowest BCUT2D eigenvalue weighted by Gasteiger charge is -2.31. The number of nitrogens with zero attached hydrogens (tertiary/aromatic N) is 3. The second-order valence-corrected chi connectivity index (χ2v) is 6.79. The fourth-order valence-corrected chi connectivity index (χ4v) is 3.92. The molecule has 2 unspecified atom stereocenters. The molecule has 5 heteroatoms. The molecule has 0 bridgehead atoms. The van der Waals surface area contributed by atoms with Gasteiger partial charge < -0.3 is 9.84 Å². The van der Waals surface area contributed by atoms with Crippen LogP contribution in [0.2, 0.25) is 0 Å². The molecule has 2 aliphatic rings. The van der Waals surface area contributed by atoms with E-state index < -0.39 is 0 Å². The Labute approximate surface area is 144 Å². The zero-order chi connectivity index (χ0) is 16.8. The summed E-state index contributed by atoms with van der Waals surface area (Å²) in [6.45, 7) is 5.22. The Kier molecular flexibility index (Phi) is 6.08. The van der Waals surface area contributed by atoms with Gasteiger partial charge in [0.1, 0.15) is 12.4 Å². The van der Waals surface area contributed by atoms with Gasteiger partial charge in [-0.05, 0) is 63.0 Å². The number of nitriles is 1. The van der Waals surface area contributed by atoms with E-state index in [9.17, 15) is 5.11 Å². The summed E-state index contributed by atoms with van der Waals surface area (Å²) in [6, 6.07) is 10.4. The minimum absolute atomic E-state index is 0.286. The van der Waals surface area contributed by atoms with Gasteiger partial charge >= 0.3 is 0 Å². The quantitative estimate of drug-likeness (QED) is 0.827. The maximum atomic E-state index is 9.49. The molecule has 2 saturated heterocycles. The molecule has 3 rings (SSSR count). The van der Waals surface area contributed by atoms with Crippen molar-refractivity contribution in [2.24, 2.45) is 0 Å². The first-order chi connectivity index (χ1) is 11.8.